The van der Waals surface area contributed by atoms with Crippen molar-refractivity contribution in [3.8, 4) is 0 Å². The van der Waals surface area contributed by atoms with Gasteiger partial charge in [-0.05, 0) is 48.1 Å². The largest absolute Gasteiger partial charge is 0.460 e. The summed E-state index contributed by atoms with van der Waals surface area (Å²) in [6.45, 7) is 10.6. The van der Waals surface area contributed by atoms with Crippen LogP contribution in [0.3, 0.4) is 0 Å². The van der Waals surface area contributed by atoms with Crippen LogP contribution in [0.1, 0.15) is 41.0 Å². The number of fused-ring (bicyclic) bond motifs is 2. The average molecular weight is 297 g/mol. The van der Waals surface area contributed by atoms with Gasteiger partial charge in [0.05, 0.1) is 18.1 Å². The molecule has 5 atom stereocenters. The number of likely N-dealkylation sites (N-methyl/N-ethyl adjacent to an activating group) is 1. The summed E-state index contributed by atoms with van der Waals surface area (Å²) >= 11 is 0. The van der Waals surface area contributed by atoms with Gasteiger partial charge in [0.2, 0.25) is 0 Å². The predicted molar refractivity (Wildman–Crippen MR) is 77.7 cm³/mol. The summed E-state index contributed by atoms with van der Waals surface area (Å²) in [6, 6.07) is 0.0524. The zero-order chi connectivity index (χ0) is 15.6. The third kappa shape index (κ3) is 2.71. The Hall–Kier alpha value is -0.650. The Bertz CT molecular complexity index is 442. The molecule has 4 fully saturated rings. The van der Waals surface area contributed by atoms with Gasteiger partial charge in [0.1, 0.15) is 11.7 Å². The lowest BCUT2D eigenvalue weighted by atomic mass is 9.69. The molecule has 5 unspecified atom stereocenters. The van der Waals surface area contributed by atoms with E-state index in [4.69, 9.17) is 14.2 Å². The normalized spacial score (nSPS) is 41.9. The number of ether oxygens (including phenoxy) is 3. The zero-order valence-corrected chi connectivity index (χ0v) is 13.9. The van der Waals surface area contributed by atoms with Crippen LogP contribution in [-0.4, -0.2) is 54.1 Å². The maximum Gasteiger partial charge on any atom is 0.311 e. The molecule has 0 aromatic rings. The Labute approximate surface area is 126 Å². The first-order valence-electron chi connectivity index (χ1n) is 7.86. The van der Waals surface area contributed by atoms with E-state index in [1.165, 1.54) is 0 Å². The van der Waals surface area contributed by atoms with E-state index < -0.39 is 11.4 Å². The van der Waals surface area contributed by atoms with Gasteiger partial charge < -0.3 is 14.2 Å². The Morgan fingerprint density at radius 3 is 2.48 bits per heavy atom. The quantitative estimate of drug-likeness (QED) is 0.691. The molecule has 0 N–H and O–H groups in total. The van der Waals surface area contributed by atoms with E-state index in [9.17, 15) is 4.79 Å². The number of hydrogen-bond donors (Lipinski definition) is 0. The molecule has 5 nitrogen and oxygen atoms in total. The van der Waals surface area contributed by atoms with Crippen molar-refractivity contribution in [1.82, 2.24) is 4.90 Å². The Balaban J connectivity index is 1.82. The Morgan fingerprint density at radius 2 is 1.86 bits per heavy atom. The van der Waals surface area contributed by atoms with Crippen molar-refractivity contribution < 1.29 is 19.0 Å². The van der Waals surface area contributed by atoms with Crippen molar-refractivity contribution >= 4 is 5.97 Å². The monoisotopic (exact) mass is 297 g/mol. The first-order valence-corrected chi connectivity index (χ1v) is 7.86. The minimum Gasteiger partial charge on any atom is -0.460 e. The summed E-state index contributed by atoms with van der Waals surface area (Å²) in [5, 5.41) is 0. The summed E-state index contributed by atoms with van der Waals surface area (Å²) < 4.78 is 17.8. The van der Waals surface area contributed by atoms with E-state index in [0.29, 0.717) is 5.92 Å². The van der Waals surface area contributed by atoms with Gasteiger partial charge in [0.15, 0.2) is 5.79 Å². The molecule has 21 heavy (non-hydrogen) atoms. The maximum atomic E-state index is 12.6. The fourth-order valence-electron chi connectivity index (χ4n) is 4.12. The second-order valence-corrected chi connectivity index (χ2v) is 8.13. The van der Waals surface area contributed by atoms with E-state index >= 15 is 0 Å². The van der Waals surface area contributed by atoms with Crippen LogP contribution in [0.4, 0.5) is 0 Å². The number of carbonyl (C=O) groups excluding carboxylic acids is 1. The van der Waals surface area contributed by atoms with Gasteiger partial charge in [-0.2, -0.15) is 0 Å². The molecule has 0 aromatic carbocycles. The number of esters is 1. The highest BCUT2D eigenvalue weighted by Crippen LogP contribution is 2.48. The van der Waals surface area contributed by atoms with Crippen LogP contribution >= 0.6 is 0 Å². The van der Waals surface area contributed by atoms with Crippen LogP contribution in [0.2, 0.25) is 0 Å². The van der Waals surface area contributed by atoms with Gasteiger partial charge in [-0.1, -0.05) is 0 Å². The standard InChI is InChI=1S/C16H27NO4/c1-15(2,3)21-14(18)10-7-9-8-17(6)11(10)13-12(9)19-16(4,5)20-13/h9-13H,7-8H2,1-6H3. The topological polar surface area (TPSA) is 48.0 Å². The average Bonchev–Trinajstić information content (AvgIpc) is 2.62. The lowest BCUT2D eigenvalue weighted by Gasteiger charge is -2.52. The first kappa shape index (κ1) is 15.3. The molecule has 0 spiro atoms. The van der Waals surface area contributed by atoms with Crippen molar-refractivity contribution in [2.75, 3.05) is 13.6 Å². The number of piperidine rings is 2. The van der Waals surface area contributed by atoms with E-state index in [0.717, 1.165) is 13.0 Å². The van der Waals surface area contributed by atoms with Crippen molar-refractivity contribution in [2.24, 2.45) is 11.8 Å². The molecular formula is C16H27NO4. The third-order valence-electron chi connectivity index (χ3n) is 4.67. The van der Waals surface area contributed by atoms with Crippen LogP contribution in [0.15, 0.2) is 0 Å². The highest BCUT2D eigenvalue weighted by atomic mass is 16.8. The van der Waals surface area contributed by atoms with E-state index in [-0.39, 0.29) is 30.1 Å². The molecule has 3 aliphatic heterocycles. The number of carbonyl (C=O) groups is 1. The summed E-state index contributed by atoms with van der Waals surface area (Å²) in [5.74, 6) is -0.438. The van der Waals surface area contributed by atoms with Gasteiger partial charge in [-0.3, -0.25) is 9.69 Å². The van der Waals surface area contributed by atoms with Crippen LogP contribution < -0.4 is 0 Å². The van der Waals surface area contributed by atoms with E-state index in [2.05, 4.69) is 11.9 Å². The molecule has 120 valence electrons. The Morgan fingerprint density at radius 1 is 1.24 bits per heavy atom. The molecule has 0 amide bonds. The van der Waals surface area contributed by atoms with Crippen molar-refractivity contribution in [3.05, 3.63) is 0 Å². The fraction of sp³-hybridized carbons (Fsp3) is 0.938. The molecule has 4 aliphatic rings. The van der Waals surface area contributed by atoms with E-state index in [1.54, 1.807) is 0 Å². The van der Waals surface area contributed by atoms with Crippen LogP contribution in [0.5, 0.6) is 0 Å². The molecule has 0 aromatic heterocycles. The first-order chi connectivity index (χ1) is 9.57. The highest BCUT2D eigenvalue weighted by Gasteiger charge is 2.60. The lowest BCUT2D eigenvalue weighted by Crippen LogP contribution is -2.66. The smallest absolute Gasteiger partial charge is 0.311 e. The predicted octanol–water partition coefficient (Wildman–Crippen LogP) is 1.80. The fourth-order valence-corrected chi connectivity index (χ4v) is 4.12. The SMILES string of the molecule is CN1CC2CC(C(=O)OC(C)(C)C)C1C1OC(C)(C)OC21. The minimum atomic E-state index is -0.556. The van der Waals surface area contributed by atoms with Crippen molar-refractivity contribution in [2.45, 2.75) is 70.7 Å². The molecule has 4 rings (SSSR count). The molecular weight excluding hydrogens is 270 g/mol. The molecule has 2 bridgehead atoms. The van der Waals surface area contributed by atoms with Crippen LogP contribution in [-0.2, 0) is 19.0 Å². The maximum absolute atomic E-state index is 12.6. The molecule has 3 heterocycles. The van der Waals surface area contributed by atoms with E-state index in [1.807, 2.05) is 34.6 Å². The number of nitrogens with zero attached hydrogens (tertiary/aromatic N) is 1. The van der Waals surface area contributed by atoms with Crippen LogP contribution in [0, 0.1) is 11.8 Å². The molecule has 1 aliphatic carbocycles. The van der Waals surface area contributed by atoms with Gasteiger partial charge in [-0.25, -0.2) is 0 Å². The minimum absolute atomic E-state index is 0.0324. The van der Waals surface area contributed by atoms with Gasteiger partial charge in [-0.15, -0.1) is 0 Å². The summed E-state index contributed by atoms with van der Waals surface area (Å²) in [5.41, 5.74) is -0.446. The third-order valence-corrected chi connectivity index (χ3v) is 4.67. The Kier molecular flexibility index (Phi) is 3.39. The highest BCUT2D eigenvalue weighted by molar-refractivity contribution is 5.74. The van der Waals surface area contributed by atoms with Crippen molar-refractivity contribution in [1.29, 1.82) is 0 Å². The summed E-state index contributed by atoms with van der Waals surface area (Å²) in [6.07, 6.45) is 0.916. The summed E-state index contributed by atoms with van der Waals surface area (Å²) in [7, 11) is 2.07. The molecule has 0 radical (unpaired) electrons. The number of rotatable bonds is 1. The van der Waals surface area contributed by atoms with Crippen LogP contribution in [0.25, 0.3) is 0 Å². The lowest BCUT2D eigenvalue weighted by molar-refractivity contribution is -0.177. The second-order valence-electron chi connectivity index (χ2n) is 8.13. The molecule has 5 heteroatoms. The van der Waals surface area contributed by atoms with Gasteiger partial charge in [0.25, 0.3) is 0 Å². The van der Waals surface area contributed by atoms with Gasteiger partial charge >= 0.3 is 5.97 Å². The zero-order valence-electron chi connectivity index (χ0n) is 13.9. The van der Waals surface area contributed by atoms with Crippen molar-refractivity contribution in [3.63, 3.8) is 0 Å². The summed E-state index contributed by atoms with van der Waals surface area (Å²) in [4.78, 5) is 14.8. The molecule has 1 saturated carbocycles. The second kappa shape index (κ2) is 4.67. The number of hydrogen-bond acceptors (Lipinski definition) is 5. The molecule has 3 saturated heterocycles. The van der Waals surface area contributed by atoms with Gasteiger partial charge in [0, 0.05) is 12.5 Å².